The standard InChI is InChI=1S/C18H26BF3N2O4.2ClH/c20-18(21,22)14-5-3-13(4-6-14)11-24-10-7-15(12-24)17(23,16(25)26)8-1-2-9-19(27)28;;/h3-6,15,27-28H,1-2,7-12,23H2,(H,25,26);2*1H. The SMILES string of the molecule is Cl.Cl.NC(CCCCB(O)O)(C(=O)O)C1CCN(Cc2ccc(C(F)(F)F)cc2)C1. The smallest absolute Gasteiger partial charge is 0.451 e. The highest BCUT2D eigenvalue weighted by molar-refractivity contribution is 6.40. The first-order valence-electron chi connectivity index (χ1n) is 9.29. The second kappa shape index (κ2) is 12.1. The number of nitrogens with two attached hydrogens (primary N) is 1. The summed E-state index contributed by atoms with van der Waals surface area (Å²) >= 11 is 0. The molecule has 6 nitrogen and oxygen atoms in total. The molecular formula is C18H28BCl2F3N2O4. The minimum absolute atomic E-state index is 0. The molecule has 0 saturated carbocycles. The average Bonchev–Trinajstić information content (AvgIpc) is 3.07. The second-order valence-electron chi connectivity index (χ2n) is 7.49. The van der Waals surface area contributed by atoms with Crippen molar-refractivity contribution in [1.29, 1.82) is 0 Å². The number of hydrogen-bond donors (Lipinski definition) is 4. The number of hydrogen-bond acceptors (Lipinski definition) is 5. The van der Waals surface area contributed by atoms with Crippen LogP contribution in [0.1, 0.15) is 36.8 Å². The van der Waals surface area contributed by atoms with Crippen LogP contribution in [0.25, 0.3) is 0 Å². The molecule has 5 N–H and O–H groups in total. The van der Waals surface area contributed by atoms with Gasteiger partial charge in [0.15, 0.2) is 0 Å². The van der Waals surface area contributed by atoms with E-state index in [4.69, 9.17) is 15.8 Å². The van der Waals surface area contributed by atoms with Crippen LogP contribution >= 0.6 is 24.8 Å². The molecule has 1 saturated heterocycles. The zero-order chi connectivity index (χ0) is 20.9. The van der Waals surface area contributed by atoms with Crippen molar-refractivity contribution in [2.24, 2.45) is 11.7 Å². The third-order valence-electron chi connectivity index (χ3n) is 5.39. The van der Waals surface area contributed by atoms with Crippen molar-refractivity contribution in [2.75, 3.05) is 13.1 Å². The summed E-state index contributed by atoms with van der Waals surface area (Å²) < 4.78 is 37.9. The lowest BCUT2D eigenvalue weighted by molar-refractivity contribution is -0.146. The van der Waals surface area contributed by atoms with E-state index in [2.05, 4.69) is 0 Å². The van der Waals surface area contributed by atoms with E-state index in [9.17, 15) is 23.1 Å². The Bertz CT molecular complexity index is 668. The number of benzene rings is 1. The van der Waals surface area contributed by atoms with Gasteiger partial charge in [-0.2, -0.15) is 13.2 Å². The fourth-order valence-corrected chi connectivity index (χ4v) is 3.68. The van der Waals surface area contributed by atoms with Crippen LogP contribution < -0.4 is 5.73 Å². The summed E-state index contributed by atoms with van der Waals surface area (Å²) in [5.41, 5.74) is 4.83. The molecule has 0 spiro atoms. The van der Waals surface area contributed by atoms with Crippen molar-refractivity contribution in [2.45, 2.75) is 50.3 Å². The summed E-state index contributed by atoms with van der Waals surface area (Å²) in [4.78, 5) is 13.8. The maximum Gasteiger partial charge on any atom is 0.451 e. The molecule has 1 fully saturated rings. The molecule has 172 valence electrons. The van der Waals surface area contributed by atoms with Gasteiger partial charge in [-0.25, -0.2) is 0 Å². The number of carbonyl (C=O) groups is 1. The molecule has 30 heavy (non-hydrogen) atoms. The fraction of sp³-hybridized carbons (Fsp3) is 0.611. The molecule has 1 aliphatic rings. The monoisotopic (exact) mass is 474 g/mol. The maximum atomic E-state index is 12.6. The number of halogens is 5. The van der Waals surface area contributed by atoms with Crippen molar-refractivity contribution >= 4 is 37.9 Å². The molecule has 2 atom stereocenters. The summed E-state index contributed by atoms with van der Waals surface area (Å²) in [7, 11) is -1.41. The fourth-order valence-electron chi connectivity index (χ4n) is 3.68. The average molecular weight is 475 g/mol. The zero-order valence-electron chi connectivity index (χ0n) is 16.3. The Morgan fingerprint density at radius 1 is 1.17 bits per heavy atom. The number of carboxylic acid groups (broad SMARTS) is 1. The van der Waals surface area contributed by atoms with Crippen LogP contribution in [0, 0.1) is 5.92 Å². The number of carboxylic acids is 1. The first-order valence-corrected chi connectivity index (χ1v) is 9.29. The van der Waals surface area contributed by atoms with Crippen LogP contribution in [-0.2, 0) is 17.5 Å². The first kappa shape index (κ1) is 29.0. The largest absolute Gasteiger partial charge is 0.480 e. The summed E-state index contributed by atoms with van der Waals surface area (Å²) in [6.07, 6.45) is -2.45. The minimum atomic E-state index is -4.37. The summed E-state index contributed by atoms with van der Waals surface area (Å²) in [6.45, 7) is 1.50. The van der Waals surface area contributed by atoms with Gasteiger partial charge in [0.1, 0.15) is 5.54 Å². The molecule has 1 aliphatic heterocycles. The van der Waals surface area contributed by atoms with E-state index in [-0.39, 0.29) is 43.5 Å². The van der Waals surface area contributed by atoms with Crippen molar-refractivity contribution in [3.63, 3.8) is 0 Å². The van der Waals surface area contributed by atoms with E-state index in [0.717, 1.165) is 17.7 Å². The van der Waals surface area contributed by atoms with E-state index in [1.165, 1.54) is 12.1 Å². The Hall–Kier alpha value is -1.04. The molecule has 0 amide bonds. The summed E-state index contributed by atoms with van der Waals surface area (Å²) in [5, 5.41) is 27.4. The zero-order valence-corrected chi connectivity index (χ0v) is 18.0. The molecule has 1 aromatic carbocycles. The van der Waals surface area contributed by atoms with Gasteiger partial charge in [-0.3, -0.25) is 9.69 Å². The lowest BCUT2D eigenvalue weighted by Crippen LogP contribution is -2.55. The Morgan fingerprint density at radius 3 is 2.27 bits per heavy atom. The van der Waals surface area contributed by atoms with E-state index in [1.807, 2.05) is 4.90 Å². The molecule has 2 rings (SSSR count). The minimum Gasteiger partial charge on any atom is -0.480 e. The van der Waals surface area contributed by atoms with Crippen LogP contribution in [-0.4, -0.2) is 51.8 Å². The normalized spacial score (nSPS) is 18.8. The van der Waals surface area contributed by atoms with E-state index in [0.29, 0.717) is 38.9 Å². The molecule has 2 unspecified atom stereocenters. The van der Waals surface area contributed by atoms with Crippen LogP contribution in [0.15, 0.2) is 24.3 Å². The van der Waals surface area contributed by atoms with Gasteiger partial charge in [0.2, 0.25) is 0 Å². The summed E-state index contributed by atoms with van der Waals surface area (Å²) in [6, 6.07) is 4.96. The molecule has 0 aromatic heterocycles. The predicted molar refractivity (Wildman–Crippen MR) is 113 cm³/mol. The van der Waals surface area contributed by atoms with Crippen LogP contribution in [0.2, 0.25) is 6.32 Å². The van der Waals surface area contributed by atoms with Gasteiger partial charge in [0.05, 0.1) is 5.56 Å². The lowest BCUT2D eigenvalue weighted by atomic mass is 9.77. The second-order valence-corrected chi connectivity index (χ2v) is 7.49. The van der Waals surface area contributed by atoms with E-state index in [1.54, 1.807) is 0 Å². The third-order valence-corrected chi connectivity index (χ3v) is 5.39. The van der Waals surface area contributed by atoms with Crippen LogP contribution in [0.3, 0.4) is 0 Å². The third kappa shape index (κ3) is 7.90. The van der Waals surface area contributed by atoms with Gasteiger partial charge >= 0.3 is 19.3 Å². The first-order chi connectivity index (χ1) is 13.0. The number of aliphatic carboxylic acids is 1. The van der Waals surface area contributed by atoms with E-state index < -0.39 is 30.4 Å². The molecule has 0 radical (unpaired) electrons. The Morgan fingerprint density at radius 2 is 1.77 bits per heavy atom. The van der Waals surface area contributed by atoms with Gasteiger partial charge in [-0.1, -0.05) is 25.0 Å². The number of likely N-dealkylation sites (tertiary alicyclic amines) is 1. The highest BCUT2D eigenvalue weighted by atomic mass is 35.5. The highest BCUT2D eigenvalue weighted by Crippen LogP contribution is 2.32. The highest BCUT2D eigenvalue weighted by Gasteiger charge is 2.44. The molecule has 1 heterocycles. The number of nitrogens with zero attached hydrogens (tertiary/aromatic N) is 1. The van der Waals surface area contributed by atoms with Gasteiger partial charge in [-0.05, 0) is 43.4 Å². The number of unbranched alkanes of at least 4 members (excludes halogenated alkanes) is 1. The molecule has 0 bridgehead atoms. The van der Waals surface area contributed by atoms with Crippen molar-refractivity contribution in [1.82, 2.24) is 4.90 Å². The van der Waals surface area contributed by atoms with Crippen LogP contribution in [0.4, 0.5) is 13.2 Å². The van der Waals surface area contributed by atoms with Crippen molar-refractivity contribution in [3.05, 3.63) is 35.4 Å². The van der Waals surface area contributed by atoms with Gasteiger partial charge in [-0.15, -0.1) is 24.8 Å². The Balaban J connectivity index is 0.00000420. The number of alkyl halides is 3. The Labute approximate surface area is 186 Å². The lowest BCUT2D eigenvalue weighted by Gasteiger charge is -2.31. The quantitative estimate of drug-likeness (QED) is 0.324. The van der Waals surface area contributed by atoms with Gasteiger partial charge in [0.25, 0.3) is 0 Å². The van der Waals surface area contributed by atoms with Crippen molar-refractivity contribution in [3.8, 4) is 0 Å². The molecule has 0 aliphatic carbocycles. The topological polar surface area (TPSA) is 107 Å². The van der Waals surface area contributed by atoms with Crippen LogP contribution in [0.5, 0.6) is 0 Å². The van der Waals surface area contributed by atoms with E-state index >= 15 is 0 Å². The Kier molecular flexibility index (Phi) is 11.7. The summed E-state index contributed by atoms with van der Waals surface area (Å²) in [5.74, 6) is -1.36. The van der Waals surface area contributed by atoms with Gasteiger partial charge in [0, 0.05) is 19.0 Å². The predicted octanol–water partition coefficient (Wildman–Crippen LogP) is 2.80. The van der Waals surface area contributed by atoms with Gasteiger partial charge < -0.3 is 20.9 Å². The molecule has 12 heteroatoms. The molecule has 1 aromatic rings. The van der Waals surface area contributed by atoms with Crippen molar-refractivity contribution < 1.29 is 33.1 Å². The number of rotatable bonds is 9. The molecular weight excluding hydrogens is 447 g/mol. The maximum absolute atomic E-state index is 12.6.